The Morgan fingerprint density at radius 3 is 2.61 bits per heavy atom. The van der Waals surface area contributed by atoms with Crippen LogP contribution in [0.15, 0.2) is 57.4 Å². The van der Waals surface area contributed by atoms with Gasteiger partial charge in [0, 0.05) is 21.4 Å². The van der Waals surface area contributed by atoms with Crippen molar-refractivity contribution < 1.29 is 4.74 Å². The molecule has 0 amide bonds. The van der Waals surface area contributed by atoms with Gasteiger partial charge in [-0.15, -0.1) is 22.7 Å². The van der Waals surface area contributed by atoms with Gasteiger partial charge in [-0.1, -0.05) is 6.07 Å². The van der Waals surface area contributed by atoms with E-state index in [1.54, 1.807) is 18.4 Å². The number of rotatable bonds is 3. The molecule has 0 aliphatic carbocycles. The molecule has 0 aliphatic rings. The lowest BCUT2D eigenvalue weighted by Crippen LogP contribution is -2.20. The molecule has 6 nitrogen and oxygen atoms in total. The van der Waals surface area contributed by atoms with E-state index in [1.165, 1.54) is 11.3 Å². The number of aromatic amines is 2. The molecule has 0 unspecified atom stereocenters. The summed E-state index contributed by atoms with van der Waals surface area (Å²) >= 11 is 2.88. The summed E-state index contributed by atoms with van der Waals surface area (Å²) in [4.78, 5) is 35.8. The van der Waals surface area contributed by atoms with Gasteiger partial charge in [-0.05, 0) is 41.8 Å². The largest absolute Gasteiger partial charge is 0.497 e. The minimum Gasteiger partial charge on any atom is -0.497 e. The quantitative estimate of drug-likeness (QED) is 0.468. The third-order valence-corrected chi connectivity index (χ3v) is 6.49. The molecule has 5 aromatic rings. The summed E-state index contributed by atoms with van der Waals surface area (Å²) in [5, 5.41) is 2.79. The molecule has 0 aliphatic heterocycles. The van der Waals surface area contributed by atoms with E-state index in [9.17, 15) is 9.59 Å². The smallest absolute Gasteiger partial charge is 0.326 e. The highest BCUT2D eigenvalue weighted by Gasteiger charge is 2.18. The van der Waals surface area contributed by atoms with E-state index in [4.69, 9.17) is 9.72 Å². The topological polar surface area (TPSA) is 87.8 Å². The van der Waals surface area contributed by atoms with Crippen LogP contribution in [0.5, 0.6) is 5.75 Å². The van der Waals surface area contributed by atoms with Gasteiger partial charge >= 0.3 is 5.69 Å². The zero-order valence-electron chi connectivity index (χ0n) is 14.6. The molecule has 0 atom stereocenters. The van der Waals surface area contributed by atoms with E-state index in [-0.39, 0.29) is 0 Å². The molecule has 4 heterocycles. The van der Waals surface area contributed by atoms with Crippen LogP contribution in [0.2, 0.25) is 0 Å². The number of methoxy groups -OCH3 is 1. The molecular weight excluding hydrogens is 394 g/mol. The number of nitrogens with one attached hydrogen (secondary N) is 2. The van der Waals surface area contributed by atoms with Crippen molar-refractivity contribution >= 4 is 43.1 Å². The first-order valence-electron chi connectivity index (χ1n) is 8.42. The first-order valence-corrected chi connectivity index (χ1v) is 10.1. The zero-order valence-corrected chi connectivity index (χ0v) is 16.2. The van der Waals surface area contributed by atoms with Crippen LogP contribution in [-0.4, -0.2) is 22.1 Å². The third kappa shape index (κ3) is 2.65. The molecule has 0 bridgehead atoms. The number of hydrogen-bond acceptors (Lipinski definition) is 6. The van der Waals surface area contributed by atoms with Crippen LogP contribution < -0.4 is 16.0 Å². The van der Waals surface area contributed by atoms with Gasteiger partial charge in [0.2, 0.25) is 0 Å². The molecule has 2 N–H and O–H groups in total. The van der Waals surface area contributed by atoms with Gasteiger partial charge in [-0.2, -0.15) is 0 Å². The lowest BCUT2D eigenvalue weighted by molar-refractivity contribution is 0.415. The standard InChI is InChI=1S/C20H13N3O3S2/c1-26-11-6-4-10(5-7-11)13-9-12(14-3-2-8-27-14)15-16-17(28-19(15)21-13)18(24)23-20(25)22-16/h2-9H,1H3,(H2,22,23,24,25). The van der Waals surface area contributed by atoms with Gasteiger partial charge in [-0.3, -0.25) is 9.78 Å². The third-order valence-electron chi connectivity index (χ3n) is 4.51. The van der Waals surface area contributed by atoms with Crippen LogP contribution in [0.3, 0.4) is 0 Å². The maximum Gasteiger partial charge on any atom is 0.326 e. The van der Waals surface area contributed by atoms with E-state index in [2.05, 4.69) is 9.97 Å². The van der Waals surface area contributed by atoms with Crippen molar-refractivity contribution in [2.24, 2.45) is 0 Å². The van der Waals surface area contributed by atoms with Gasteiger partial charge in [0.1, 0.15) is 15.3 Å². The Hall–Kier alpha value is -3.23. The monoisotopic (exact) mass is 407 g/mol. The van der Waals surface area contributed by atoms with Gasteiger partial charge in [0.05, 0.1) is 18.3 Å². The molecule has 0 radical (unpaired) electrons. The van der Waals surface area contributed by atoms with Crippen LogP contribution >= 0.6 is 22.7 Å². The number of thiophene rings is 2. The first-order chi connectivity index (χ1) is 13.6. The van der Waals surface area contributed by atoms with Crippen LogP contribution in [0, 0.1) is 0 Å². The van der Waals surface area contributed by atoms with Crippen molar-refractivity contribution in [1.29, 1.82) is 0 Å². The van der Waals surface area contributed by atoms with Crippen molar-refractivity contribution in [3.05, 3.63) is 68.7 Å². The predicted molar refractivity (Wildman–Crippen MR) is 114 cm³/mol. The second-order valence-corrected chi connectivity index (χ2v) is 8.10. The van der Waals surface area contributed by atoms with Crippen molar-refractivity contribution in [2.75, 3.05) is 7.11 Å². The molecule has 8 heteroatoms. The number of fused-ring (bicyclic) bond motifs is 3. The zero-order chi connectivity index (χ0) is 19.3. The predicted octanol–water partition coefficient (Wildman–Crippen LogP) is 4.23. The summed E-state index contributed by atoms with van der Waals surface area (Å²) in [6.07, 6.45) is 0. The number of aromatic nitrogens is 3. The molecule has 5 rings (SSSR count). The van der Waals surface area contributed by atoms with Crippen LogP contribution in [0.4, 0.5) is 0 Å². The van der Waals surface area contributed by atoms with E-state index >= 15 is 0 Å². The highest BCUT2D eigenvalue weighted by Crippen LogP contribution is 2.40. The summed E-state index contributed by atoms with van der Waals surface area (Å²) in [7, 11) is 1.63. The molecule has 0 spiro atoms. The summed E-state index contributed by atoms with van der Waals surface area (Å²) < 4.78 is 5.70. The van der Waals surface area contributed by atoms with E-state index in [0.29, 0.717) is 15.0 Å². The highest BCUT2D eigenvalue weighted by atomic mass is 32.1. The summed E-state index contributed by atoms with van der Waals surface area (Å²) in [6.45, 7) is 0. The van der Waals surface area contributed by atoms with E-state index < -0.39 is 11.2 Å². The Labute approximate surface area is 166 Å². The number of ether oxygens (including phenoxy) is 1. The van der Waals surface area contributed by atoms with E-state index in [0.717, 1.165) is 32.8 Å². The van der Waals surface area contributed by atoms with Crippen molar-refractivity contribution in [2.45, 2.75) is 0 Å². The summed E-state index contributed by atoms with van der Waals surface area (Å²) in [6, 6.07) is 13.7. The van der Waals surface area contributed by atoms with E-state index in [1.807, 2.05) is 47.8 Å². The molecule has 4 aromatic heterocycles. The Morgan fingerprint density at radius 2 is 1.89 bits per heavy atom. The van der Waals surface area contributed by atoms with Crippen molar-refractivity contribution in [1.82, 2.24) is 15.0 Å². The van der Waals surface area contributed by atoms with Gasteiger partial charge < -0.3 is 9.72 Å². The second-order valence-electron chi connectivity index (χ2n) is 6.16. The Morgan fingerprint density at radius 1 is 1.07 bits per heavy atom. The Kier molecular flexibility index (Phi) is 3.88. The summed E-state index contributed by atoms with van der Waals surface area (Å²) in [5.74, 6) is 0.772. The van der Waals surface area contributed by atoms with Crippen molar-refractivity contribution in [3.8, 4) is 27.4 Å². The molecule has 1 aromatic carbocycles. The minimum absolute atomic E-state index is 0.398. The maximum atomic E-state index is 12.3. The normalized spacial score (nSPS) is 11.3. The van der Waals surface area contributed by atoms with Gasteiger partial charge in [0.25, 0.3) is 5.56 Å². The number of nitrogens with zero attached hydrogens (tertiary/aromatic N) is 1. The second kappa shape index (κ2) is 6.43. The Bertz CT molecular complexity index is 1430. The Balaban J connectivity index is 1.87. The lowest BCUT2D eigenvalue weighted by Gasteiger charge is -2.07. The number of hydrogen-bond donors (Lipinski definition) is 2. The van der Waals surface area contributed by atoms with Crippen LogP contribution in [0.1, 0.15) is 0 Å². The first kappa shape index (κ1) is 16.9. The molecule has 0 saturated heterocycles. The average molecular weight is 407 g/mol. The van der Waals surface area contributed by atoms with Gasteiger partial charge in [0.15, 0.2) is 0 Å². The molecule has 28 heavy (non-hydrogen) atoms. The SMILES string of the molecule is COc1ccc(-c2cc(-c3cccs3)c3c(n2)sc2c(=O)[nH]c(=O)[nH]c23)cc1. The van der Waals surface area contributed by atoms with Crippen LogP contribution in [0.25, 0.3) is 42.1 Å². The summed E-state index contributed by atoms with van der Waals surface area (Å²) in [5.41, 5.74) is 2.30. The number of pyridine rings is 1. The molecule has 0 saturated carbocycles. The minimum atomic E-state index is -0.520. The number of H-pyrrole nitrogens is 2. The molecule has 138 valence electrons. The fourth-order valence-corrected chi connectivity index (χ4v) is 5.02. The van der Waals surface area contributed by atoms with Crippen LogP contribution in [-0.2, 0) is 0 Å². The van der Waals surface area contributed by atoms with Gasteiger partial charge in [-0.25, -0.2) is 9.78 Å². The fraction of sp³-hybridized carbons (Fsp3) is 0.0500. The average Bonchev–Trinajstić information content (AvgIpc) is 3.36. The maximum absolute atomic E-state index is 12.3. The highest BCUT2D eigenvalue weighted by molar-refractivity contribution is 7.25. The molecular formula is C20H13N3O3S2. The lowest BCUT2D eigenvalue weighted by atomic mass is 10.0. The fourth-order valence-electron chi connectivity index (χ4n) is 3.22. The van der Waals surface area contributed by atoms with Crippen molar-refractivity contribution in [3.63, 3.8) is 0 Å². The number of benzene rings is 1. The molecule has 0 fully saturated rings.